The minimum Gasteiger partial charge on any atom is -0.479 e. The van der Waals surface area contributed by atoms with Crippen LogP contribution in [0.2, 0.25) is 5.02 Å². The topological polar surface area (TPSA) is 58.6 Å². The Bertz CT molecular complexity index is 633. The molecule has 0 heterocycles. The Morgan fingerprint density at radius 1 is 1.17 bits per heavy atom. The number of hydrogen-bond donors (Lipinski definition) is 2. The van der Waals surface area contributed by atoms with Crippen LogP contribution >= 0.6 is 11.6 Å². The molecule has 0 saturated heterocycles. The number of rotatable bonds is 7. The predicted octanol–water partition coefficient (Wildman–Crippen LogP) is 2.83. The normalized spacial score (nSPS) is 13.2. The summed E-state index contributed by atoms with van der Waals surface area (Å²) in [5.74, 6) is 0.165. The number of nitrogens with one attached hydrogen (secondary N) is 1. The molecule has 0 aliphatic heterocycles. The molecular formula is C18H20ClNO3. The third kappa shape index (κ3) is 5.58. The zero-order chi connectivity index (χ0) is 16.7. The molecule has 0 fully saturated rings. The largest absolute Gasteiger partial charge is 0.479 e. The van der Waals surface area contributed by atoms with Gasteiger partial charge < -0.3 is 15.2 Å². The molecule has 0 radical (unpaired) electrons. The van der Waals surface area contributed by atoms with Gasteiger partial charge in [0.15, 0.2) is 6.10 Å². The van der Waals surface area contributed by atoms with E-state index < -0.39 is 12.2 Å². The zero-order valence-electron chi connectivity index (χ0n) is 12.9. The molecule has 2 aromatic carbocycles. The monoisotopic (exact) mass is 333 g/mol. The van der Waals surface area contributed by atoms with Crippen LogP contribution in [0.1, 0.15) is 12.5 Å². The van der Waals surface area contributed by atoms with E-state index in [0.29, 0.717) is 17.2 Å². The van der Waals surface area contributed by atoms with Gasteiger partial charge in [-0.1, -0.05) is 54.1 Å². The van der Waals surface area contributed by atoms with Crippen LogP contribution in [0.4, 0.5) is 0 Å². The van der Waals surface area contributed by atoms with Gasteiger partial charge >= 0.3 is 0 Å². The molecule has 1 amide bonds. The maximum absolute atomic E-state index is 12.0. The Hall–Kier alpha value is -2.04. The highest BCUT2D eigenvalue weighted by Gasteiger charge is 2.17. The molecule has 2 rings (SSSR count). The first-order valence-corrected chi connectivity index (χ1v) is 7.85. The van der Waals surface area contributed by atoms with Gasteiger partial charge in [0.25, 0.3) is 5.91 Å². The quantitative estimate of drug-likeness (QED) is 0.819. The minimum absolute atomic E-state index is 0.171. The van der Waals surface area contributed by atoms with Crippen molar-refractivity contribution < 1.29 is 14.6 Å². The summed E-state index contributed by atoms with van der Waals surface area (Å²) in [4.78, 5) is 12.0. The highest BCUT2D eigenvalue weighted by Crippen LogP contribution is 2.24. The number of aliphatic hydroxyl groups is 1. The van der Waals surface area contributed by atoms with E-state index in [-0.39, 0.29) is 12.5 Å². The molecule has 4 nitrogen and oxygen atoms in total. The summed E-state index contributed by atoms with van der Waals surface area (Å²) >= 11 is 5.99. The molecular weight excluding hydrogens is 314 g/mol. The van der Waals surface area contributed by atoms with E-state index in [1.54, 1.807) is 31.2 Å². The summed E-state index contributed by atoms with van der Waals surface area (Å²) in [6.45, 7) is 1.81. The molecule has 0 aliphatic carbocycles. The molecule has 122 valence electrons. The number of halogens is 1. The molecule has 0 aromatic heterocycles. The smallest absolute Gasteiger partial charge is 0.260 e. The lowest BCUT2D eigenvalue weighted by molar-refractivity contribution is -0.127. The molecule has 2 aromatic rings. The van der Waals surface area contributed by atoms with Crippen LogP contribution in [0.5, 0.6) is 5.75 Å². The van der Waals surface area contributed by atoms with Crippen LogP contribution in [-0.2, 0) is 11.2 Å². The van der Waals surface area contributed by atoms with Crippen molar-refractivity contribution in [2.24, 2.45) is 0 Å². The molecule has 23 heavy (non-hydrogen) atoms. The lowest BCUT2D eigenvalue weighted by atomic mass is 10.1. The van der Waals surface area contributed by atoms with Crippen LogP contribution in [0.15, 0.2) is 54.6 Å². The highest BCUT2D eigenvalue weighted by molar-refractivity contribution is 6.32. The second-order valence-electron chi connectivity index (χ2n) is 5.28. The van der Waals surface area contributed by atoms with Crippen molar-refractivity contribution in [3.8, 4) is 5.75 Å². The van der Waals surface area contributed by atoms with Gasteiger partial charge in [-0.25, -0.2) is 0 Å². The number of aliphatic hydroxyl groups excluding tert-OH is 1. The van der Waals surface area contributed by atoms with Gasteiger partial charge in [0.05, 0.1) is 11.1 Å². The Morgan fingerprint density at radius 3 is 2.52 bits per heavy atom. The Balaban J connectivity index is 1.78. The van der Waals surface area contributed by atoms with Crippen LogP contribution in [0.25, 0.3) is 0 Å². The lowest BCUT2D eigenvalue weighted by Gasteiger charge is -2.17. The summed E-state index contributed by atoms with van der Waals surface area (Å²) in [7, 11) is 0. The maximum atomic E-state index is 12.0. The van der Waals surface area contributed by atoms with Crippen LogP contribution < -0.4 is 10.1 Å². The van der Waals surface area contributed by atoms with Gasteiger partial charge in [-0.2, -0.15) is 0 Å². The number of amides is 1. The van der Waals surface area contributed by atoms with E-state index in [1.165, 1.54) is 0 Å². The summed E-state index contributed by atoms with van der Waals surface area (Å²) in [5.41, 5.74) is 1.02. The Labute approximate surface area is 141 Å². The molecule has 0 bridgehead atoms. The van der Waals surface area contributed by atoms with Crippen molar-refractivity contribution in [3.05, 3.63) is 65.2 Å². The second kappa shape index (κ2) is 8.56. The van der Waals surface area contributed by atoms with Crippen molar-refractivity contribution >= 4 is 17.5 Å². The summed E-state index contributed by atoms with van der Waals surface area (Å²) < 4.78 is 5.53. The van der Waals surface area contributed by atoms with Gasteiger partial charge in [-0.3, -0.25) is 4.79 Å². The van der Waals surface area contributed by atoms with Crippen LogP contribution in [-0.4, -0.2) is 29.8 Å². The first kappa shape index (κ1) is 17.3. The second-order valence-corrected chi connectivity index (χ2v) is 5.69. The van der Waals surface area contributed by atoms with Gasteiger partial charge in [0, 0.05) is 13.0 Å². The molecule has 2 N–H and O–H groups in total. The van der Waals surface area contributed by atoms with E-state index >= 15 is 0 Å². The van der Waals surface area contributed by atoms with Crippen LogP contribution in [0.3, 0.4) is 0 Å². The van der Waals surface area contributed by atoms with Crippen molar-refractivity contribution in [3.63, 3.8) is 0 Å². The number of para-hydroxylation sites is 1. The fourth-order valence-corrected chi connectivity index (χ4v) is 2.29. The van der Waals surface area contributed by atoms with Gasteiger partial charge in [-0.15, -0.1) is 0 Å². The van der Waals surface area contributed by atoms with E-state index in [4.69, 9.17) is 16.3 Å². The van der Waals surface area contributed by atoms with E-state index in [9.17, 15) is 9.90 Å². The SMILES string of the molecule is CC(Oc1ccccc1Cl)C(=O)NCC(O)Cc1ccccc1. The third-order valence-electron chi connectivity index (χ3n) is 3.34. The number of carbonyl (C=O) groups is 1. The number of hydrogen-bond acceptors (Lipinski definition) is 3. The molecule has 0 spiro atoms. The van der Waals surface area contributed by atoms with Gasteiger partial charge in [0.1, 0.15) is 5.75 Å². The minimum atomic E-state index is -0.696. The molecule has 2 atom stereocenters. The Kier molecular flexibility index (Phi) is 6.44. The standard InChI is InChI=1S/C18H20ClNO3/c1-13(23-17-10-6-5-9-16(17)19)18(22)20-12-15(21)11-14-7-3-2-4-8-14/h2-10,13,15,21H,11-12H2,1H3,(H,20,22). The summed E-state index contributed by atoms with van der Waals surface area (Å²) in [6, 6.07) is 16.6. The fourth-order valence-electron chi connectivity index (χ4n) is 2.10. The highest BCUT2D eigenvalue weighted by atomic mass is 35.5. The summed E-state index contributed by atoms with van der Waals surface area (Å²) in [6.07, 6.45) is -0.853. The van der Waals surface area contributed by atoms with Gasteiger partial charge in [0.2, 0.25) is 0 Å². The number of benzene rings is 2. The average molecular weight is 334 g/mol. The number of carbonyl (C=O) groups excluding carboxylic acids is 1. The predicted molar refractivity (Wildman–Crippen MR) is 90.7 cm³/mol. The van der Waals surface area contributed by atoms with E-state index in [0.717, 1.165) is 5.56 Å². The molecule has 0 aliphatic rings. The van der Waals surface area contributed by atoms with Crippen LogP contribution in [0, 0.1) is 0 Å². The third-order valence-corrected chi connectivity index (χ3v) is 3.65. The molecule has 0 saturated carbocycles. The van der Waals surface area contributed by atoms with Crippen molar-refractivity contribution in [1.82, 2.24) is 5.32 Å². The first-order valence-electron chi connectivity index (χ1n) is 7.47. The zero-order valence-corrected chi connectivity index (χ0v) is 13.7. The van der Waals surface area contributed by atoms with E-state index in [1.807, 2.05) is 30.3 Å². The first-order chi connectivity index (χ1) is 11.1. The maximum Gasteiger partial charge on any atom is 0.260 e. The summed E-state index contributed by atoms with van der Waals surface area (Å²) in [5, 5.41) is 13.1. The van der Waals surface area contributed by atoms with Crippen molar-refractivity contribution in [1.29, 1.82) is 0 Å². The lowest BCUT2D eigenvalue weighted by Crippen LogP contribution is -2.40. The molecule has 2 unspecified atom stereocenters. The van der Waals surface area contributed by atoms with Crippen molar-refractivity contribution in [2.45, 2.75) is 25.6 Å². The number of ether oxygens (including phenoxy) is 1. The molecule has 5 heteroatoms. The van der Waals surface area contributed by atoms with E-state index in [2.05, 4.69) is 5.32 Å². The van der Waals surface area contributed by atoms with Crippen molar-refractivity contribution in [2.75, 3.05) is 6.54 Å². The Morgan fingerprint density at radius 2 is 1.83 bits per heavy atom. The fraction of sp³-hybridized carbons (Fsp3) is 0.278. The van der Waals surface area contributed by atoms with Gasteiger partial charge in [-0.05, 0) is 24.6 Å². The average Bonchev–Trinajstić information content (AvgIpc) is 2.55.